The Morgan fingerprint density at radius 3 is 2.48 bits per heavy atom. The summed E-state index contributed by atoms with van der Waals surface area (Å²) >= 11 is 3.45. The molecule has 0 unspecified atom stereocenters. The van der Waals surface area contributed by atoms with E-state index in [9.17, 15) is 4.79 Å². The Labute approximate surface area is 155 Å². The van der Waals surface area contributed by atoms with Crippen molar-refractivity contribution in [1.82, 2.24) is 4.98 Å². The zero-order chi connectivity index (χ0) is 17.6. The smallest absolute Gasteiger partial charge is 0.276 e. The van der Waals surface area contributed by atoms with Crippen LogP contribution in [-0.4, -0.2) is 17.4 Å². The lowest BCUT2D eigenvalue weighted by molar-refractivity contribution is 0.0983. The second-order valence-corrected chi connectivity index (χ2v) is 6.37. The van der Waals surface area contributed by atoms with Crippen LogP contribution < -0.4 is 10.2 Å². The minimum Gasteiger partial charge on any atom is -0.354 e. The Kier molecular flexibility index (Phi) is 5.46. The number of nitrogens with one attached hydrogen (secondary N) is 1. The van der Waals surface area contributed by atoms with E-state index in [-0.39, 0.29) is 5.91 Å². The molecule has 126 valence electrons. The van der Waals surface area contributed by atoms with Gasteiger partial charge in [0.05, 0.1) is 11.9 Å². The normalized spacial score (nSPS) is 10.3. The molecule has 1 heterocycles. The van der Waals surface area contributed by atoms with E-state index in [4.69, 9.17) is 0 Å². The van der Waals surface area contributed by atoms with Crippen molar-refractivity contribution < 1.29 is 4.79 Å². The van der Waals surface area contributed by atoms with Gasteiger partial charge in [0, 0.05) is 22.4 Å². The van der Waals surface area contributed by atoms with Gasteiger partial charge in [0.25, 0.3) is 5.91 Å². The van der Waals surface area contributed by atoms with E-state index in [0.717, 1.165) is 21.5 Å². The van der Waals surface area contributed by atoms with Gasteiger partial charge in [-0.3, -0.25) is 4.79 Å². The lowest BCUT2D eigenvalue weighted by atomic mass is 10.2. The number of hydrogen-bond donors (Lipinski definition) is 1. The van der Waals surface area contributed by atoms with E-state index in [2.05, 4.69) is 26.2 Å². The van der Waals surface area contributed by atoms with Crippen molar-refractivity contribution in [2.45, 2.75) is 6.92 Å². The van der Waals surface area contributed by atoms with Gasteiger partial charge in [-0.15, -0.1) is 0 Å². The quantitative estimate of drug-likeness (QED) is 0.640. The number of amides is 1. The van der Waals surface area contributed by atoms with Crippen LogP contribution in [0.1, 0.15) is 17.4 Å². The van der Waals surface area contributed by atoms with Crippen LogP contribution >= 0.6 is 15.9 Å². The SMILES string of the molecule is CCN(C(=O)c1ccc(Nc2cccc(Br)c2)cn1)c1ccccc1. The van der Waals surface area contributed by atoms with Crippen molar-refractivity contribution in [3.63, 3.8) is 0 Å². The number of nitrogens with zero attached hydrogens (tertiary/aromatic N) is 2. The van der Waals surface area contributed by atoms with Crippen LogP contribution in [0.15, 0.2) is 77.4 Å². The highest BCUT2D eigenvalue weighted by atomic mass is 79.9. The summed E-state index contributed by atoms with van der Waals surface area (Å²) in [5.41, 5.74) is 3.07. The van der Waals surface area contributed by atoms with Gasteiger partial charge in [-0.25, -0.2) is 4.98 Å². The van der Waals surface area contributed by atoms with E-state index in [1.807, 2.05) is 67.6 Å². The van der Waals surface area contributed by atoms with E-state index >= 15 is 0 Å². The molecule has 4 nitrogen and oxygen atoms in total. The largest absolute Gasteiger partial charge is 0.354 e. The highest BCUT2D eigenvalue weighted by Gasteiger charge is 2.17. The Morgan fingerprint density at radius 2 is 1.84 bits per heavy atom. The Hall–Kier alpha value is -2.66. The first-order chi connectivity index (χ1) is 12.2. The third-order valence-electron chi connectivity index (χ3n) is 3.73. The molecule has 3 rings (SSSR count). The van der Waals surface area contributed by atoms with E-state index in [0.29, 0.717) is 12.2 Å². The van der Waals surface area contributed by atoms with Gasteiger partial charge < -0.3 is 10.2 Å². The van der Waals surface area contributed by atoms with Crippen molar-refractivity contribution in [2.24, 2.45) is 0 Å². The summed E-state index contributed by atoms with van der Waals surface area (Å²) in [7, 11) is 0. The maximum Gasteiger partial charge on any atom is 0.276 e. The minimum atomic E-state index is -0.109. The molecule has 0 saturated carbocycles. The van der Waals surface area contributed by atoms with Crippen LogP contribution in [0.5, 0.6) is 0 Å². The van der Waals surface area contributed by atoms with Crippen molar-refractivity contribution in [3.8, 4) is 0 Å². The maximum absolute atomic E-state index is 12.7. The van der Waals surface area contributed by atoms with E-state index in [1.54, 1.807) is 17.2 Å². The summed E-state index contributed by atoms with van der Waals surface area (Å²) in [5, 5.41) is 3.27. The highest BCUT2D eigenvalue weighted by Crippen LogP contribution is 2.21. The fourth-order valence-corrected chi connectivity index (χ4v) is 2.92. The number of rotatable bonds is 5. The molecule has 0 atom stereocenters. The summed E-state index contributed by atoms with van der Waals surface area (Å²) < 4.78 is 0.999. The molecule has 2 aromatic carbocycles. The molecule has 5 heteroatoms. The molecular formula is C20H18BrN3O. The molecule has 0 saturated heterocycles. The summed E-state index contributed by atoms with van der Waals surface area (Å²) in [5.74, 6) is -0.109. The number of anilines is 3. The van der Waals surface area contributed by atoms with Gasteiger partial charge >= 0.3 is 0 Å². The Bertz CT molecular complexity index is 850. The van der Waals surface area contributed by atoms with Gasteiger partial charge in [-0.1, -0.05) is 40.2 Å². The number of halogens is 1. The molecule has 3 aromatic rings. The van der Waals surface area contributed by atoms with Crippen molar-refractivity contribution >= 4 is 38.9 Å². The summed E-state index contributed by atoms with van der Waals surface area (Å²) in [4.78, 5) is 18.8. The number of carbonyl (C=O) groups excluding carboxylic acids is 1. The van der Waals surface area contributed by atoms with Crippen molar-refractivity contribution in [2.75, 3.05) is 16.8 Å². The molecule has 0 fully saturated rings. The van der Waals surface area contributed by atoms with Gasteiger partial charge in [-0.2, -0.15) is 0 Å². The molecule has 0 aliphatic rings. The molecule has 25 heavy (non-hydrogen) atoms. The van der Waals surface area contributed by atoms with Crippen LogP contribution in [0, 0.1) is 0 Å². The number of para-hydroxylation sites is 1. The first-order valence-corrected chi connectivity index (χ1v) is 8.82. The predicted molar refractivity (Wildman–Crippen MR) is 105 cm³/mol. The number of pyridine rings is 1. The molecule has 1 N–H and O–H groups in total. The van der Waals surface area contributed by atoms with Gasteiger partial charge in [-0.05, 0) is 49.4 Å². The second-order valence-electron chi connectivity index (χ2n) is 5.45. The fraction of sp³-hybridized carbons (Fsp3) is 0.100. The number of aromatic nitrogens is 1. The van der Waals surface area contributed by atoms with Crippen LogP contribution in [0.2, 0.25) is 0 Å². The molecule has 1 amide bonds. The average molecular weight is 396 g/mol. The summed E-state index contributed by atoms with van der Waals surface area (Å²) in [6.07, 6.45) is 1.67. The van der Waals surface area contributed by atoms with Crippen molar-refractivity contribution in [3.05, 3.63) is 83.1 Å². The van der Waals surface area contributed by atoms with E-state index in [1.165, 1.54) is 0 Å². The summed E-state index contributed by atoms with van der Waals surface area (Å²) in [6.45, 7) is 2.54. The van der Waals surface area contributed by atoms with Crippen LogP contribution in [0.4, 0.5) is 17.1 Å². The number of carbonyl (C=O) groups is 1. The van der Waals surface area contributed by atoms with Crippen molar-refractivity contribution in [1.29, 1.82) is 0 Å². The number of benzene rings is 2. The van der Waals surface area contributed by atoms with Gasteiger partial charge in [0.1, 0.15) is 5.69 Å². The minimum absolute atomic E-state index is 0.109. The lowest BCUT2D eigenvalue weighted by Crippen LogP contribution is -2.31. The number of hydrogen-bond acceptors (Lipinski definition) is 3. The third kappa shape index (κ3) is 4.25. The zero-order valence-electron chi connectivity index (χ0n) is 13.8. The van der Waals surface area contributed by atoms with Gasteiger partial charge in [0.15, 0.2) is 0 Å². The molecule has 1 aromatic heterocycles. The molecule has 0 aliphatic carbocycles. The van der Waals surface area contributed by atoms with Crippen LogP contribution in [0.3, 0.4) is 0 Å². The third-order valence-corrected chi connectivity index (χ3v) is 4.22. The van der Waals surface area contributed by atoms with Crippen LogP contribution in [-0.2, 0) is 0 Å². The Balaban J connectivity index is 1.76. The topological polar surface area (TPSA) is 45.2 Å². The summed E-state index contributed by atoms with van der Waals surface area (Å²) in [6, 6.07) is 21.1. The first kappa shape index (κ1) is 17.2. The van der Waals surface area contributed by atoms with Crippen LogP contribution in [0.25, 0.3) is 0 Å². The first-order valence-electron chi connectivity index (χ1n) is 8.03. The zero-order valence-corrected chi connectivity index (χ0v) is 15.4. The monoisotopic (exact) mass is 395 g/mol. The molecular weight excluding hydrogens is 378 g/mol. The molecule has 0 spiro atoms. The molecule has 0 bridgehead atoms. The van der Waals surface area contributed by atoms with E-state index < -0.39 is 0 Å². The fourth-order valence-electron chi connectivity index (χ4n) is 2.52. The predicted octanol–water partition coefficient (Wildman–Crippen LogP) is 5.25. The maximum atomic E-state index is 12.7. The Morgan fingerprint density at radius 1 is 1.04 bits per heavy atom. The molecule has 0 radical (unpaired) electrons. The average Bonchev–Trinajstić information content (AvgIpc) is 2.64. The van der Waals surface area contributed by atoms with Gasteiger partial charge in [0.2, 0.25) is 0 Å². The molecule has 0 aliphatic heterocycles. The standard InChI is InChI=1S/C20H18BrN3O/c1-2-24(18-9-4-3-5-10-18)20(25)19-12-11-17(14-22-19)23-16-8-6-7-15(21)13-16/h3-14,23H,2H2,1H3. The lowest BCUT2D eigenvalue weighted by Gasteiger charge is -2.20. The second kappa shape index (κ2) is 7.94. The highest BCUT2D eigenvalue weighted by molar-refractivity contribution is 9.10.